The third-order valence-corrected chi connectivity index (χ3v) is 8.32. The van der Waals surface area contributed by atoms with Gasteiger partial charge in [-0.1, -0.05) is 57.6 Å². The zero-order valence-corrected chi connectivity index (χ0v) is 22.5. The Morgan fingerprint density at radius 1 is 1.00 bits per heavy atom. The standard InChI is InChI=1S/C23H34O4.C6H12O5/c1-2-3-4-5-6-7-10-18-19-12-16-9-8-11-22(27-15-23(25)26)20(16)13-17(19)14-21(18)24;7-2-4-6(10)3(8)1-5(9)11-4/h8-9,11,17-19,21,24H,2-7,10,12-15H2,1H3,(H,25,26);3-10H,1-2H2/t17-,18+,19-,21?;3?,4?,5?,6-/m10/s1. The molecule has 1 aromatic carbocycles. The molecule has 38 heavy (non-hydrogen) atoms. The number of benzene rings is 1. The number of hydrogen-bond donors (Lipinski definition) is 6. The van der Waals surface area contributed by atoms with Crippen LogP contribution in [0, 0.1) is 17.8 Å². The molecule has 2 fully saturated rings. The monoisotopic (exact) mass is 538 g/mol. The zero-order valence-electron chi connectivity index (χ0n) is 22.5. The van der Waals surface area contributed by atoms with E-state index in [1.54, 1.807) is 0 Å². The molecule has 1 saturated heterocycles. The first kappa shape index (κ1) is 30.8. The van der Waals surface area contributed by atoms with Gasteiger partial charge in [0.1, 0.15) is 18.0 Å². The van der Waals surface area contributed by atoms with Gasteiger partial charge in [-0.15, -0.1) is 0 Å². The molecule has 1 heterocycles. The molecule has 6 N–H and O–H groups in total. The molecule has 0 radical (unpaired) electrons. The first-order chi connectivity index (χ1) is 18.2. The predicted molar refractivity (Wildman–Crippen MR) is 141 cm³/mol. The quantitative estimate of drug-likeness (QED) is 0.233. The SMILES string of the molecule is CCCCCCCC[C@@H]1C(O)C[C@H]2Cc3c(cccc3OCC(=O)O)C[C@H]21.OCC1OC(O)CC(O)[C@@H]1O. The van der Waals surface area contributed by atoms with Crippen molar-refractivity contribution >= 4 is 5.97 Å². The first-order valence-corrected chi connectivity index (χ1v) is 14.2. The van der Waals surface area contributed by atoms with Crippen molar-refractivity contribution in [1.82, 2.24) is 0 Å². The lowest BCUT2D eigenvalue weighted by atomic mass is 9.73. The zero-order chi connectivity index (χ0) is 27.7. The van der Waals surface area contributed by atoms with Gasteiger partial charge >= 0.3 is 5.97 Å². The maximum absolute atomic E-state index is 10.8. The fourth-order valence-corrected chi connectivity index (χ4v) is 6.32. The highest BCUT2D eigenvalue weighted by Gasteiger charge is 2.44. The van der Waals surface area contributed by atoms with Gasteiger partial charge in [-0.05, 0) is 60.6 Å². The Hall–Kier alpha value is -1.75. The van der Waals surface area contributed by atoms with Crippen LogP contribution in [0.4, 0.5) is 0 Å². The van der Waals surface area contributed by atoms with Crippen LogP contribution < -0.4 is 4.74 Å². The van der Waals surface area contributed by atoms with E-state index in [-0.39, 0.29) is 19.1 Å². The fourth-order valence-electron chi connectivity index (χ4n) is 6.32. The van der Waals surface area contributed by atoms with Crippen LogP contribution in [0.3, 0.4) is 0 Å². The summed E-state index contributed by atoms with van der Waals surface area (Å²) in [4.78, 5) is 10.8. The first-order valence-electron chi connectivity index (χ1n) is 14.2. The molecule has 4 rings (SSSR count). The highest BCUT2D eigenvalue weighted by atomic mass is 16.6. The Balaban J connectivity index is 0.000000304. The number of carboxylic acid groups (broad SMARTS) is 1. The van der Waals surface area contributed by atoms with Crippen LogP contribution >= 0.6 is 0 Å². The molecule has 2 aliphatic carbocycles. The van der Waals surface area contributed by atoms with Crippen molar-refractivity contribution in [3.63, 3.8) is 0 Å². The second-order valence-electron chi connectivity index (χ2n) is 11.0. The third-order valence-electron chi connectivity index (χ3n) is 8.32. The maximum atomic E-state index is 10.8. The van der Waals surface area contributed by atoms with Crippen molar-refractivity contribution in [1.29, 1.82) is 0 Å². The topological polar surface area (TPSA) is 157 Å². The van der Waals surface area contributed by atoms with Crippen LogP contribution in [0.5, 0.6) is 5.75 Å². The smallest absolute Gasteiger partial charge is 0.341 e. The molecule has 9 heteroatoms. The van der Waals surface area contributed by atoms with E-state index < -0.39 is 37.2 Å². The molecule has 3 aliphatic rings. The largest absolute Gasteiger partial charge is 0.482 e. The minimum atomic E-state index is -1.11. The average Bonchev–Trinajstić information content (AvgIpc) is 3.19. The van der Waals surface area contributed by atoms with Gasteiger partial charge in [0.25, 0.3) is 0 Å². The van der Waals surface area contributed by atoms with Crippen molar-refractivity contribution < 1.29 is 44.9 Å². The predicted octanol–water partition coefficient (Wildman–Crippen LogP) is 2.42. The summed E-state index contributed by atoms with van der Waals surface area (Å²) in [6.45, 7) is 1.54. The number of fused-ring (bicyclic) bond motifs is 2. The summed E-state index contributed by atoms with van der Waals surface area (Å²) in [5, 5.41) is 55.2. The fraction of sp³-hybridized carbons (Fsp3) is 0.759. The van der Waals surface area contributed by atoms with Gasteiger partial charge in [-0.3, -0.25) is 0 Å². The van der Waals surface area contributed by atoms with Gasteiger partial charge in [-0.2, -0.15) is 0 Å². The highest BCUT2D eigenvalue weighted by Crippen LogP contribution is 2.48. The van der Waals surface area contributed by atoms with Crippen molar-refractivity contribution in [2.75, 3.05) is 13.2 Å². The van der Waals surface area contributed by atoms with E-state index in [0.29, 0.717) is 23.5 Å². The number of carboxylic acids is 1. The molecule has 0 bridgehead atoms. The summed E-state index contributed by atoms with van der Waals surface area (Å²) in [5.41, 5.74) is 2.44. The molecular formula is C29H46O9. The van der Waals surface area contributed by atoms with Gasteiger partial charge in [0.15, 0.2) is 12.9 Å². The Morgan fingerprint density at radius 2 is 1.74 bits per heavy atom. The Morgan fingerprint density at radius 3 is 2.45 bits per heavy atom. The van der Waals surface area contributed by atoms with Crippen LogP contribution in [-0.2, 0) is 22.4 Å². The van der Waals surface area contributed by atoms with E-state index in [4.69, 9.17) is 35.0 Å². The lowest BCUT2D eigenvalue weighted by Crippen LogP contribution is -2.49. The van der Waals surface area contributed by atoms with Crippen LogP contribution in [0.15, 0.2) is 18.2 Å². The molecule has 1 aromatic rings. The summed E-state index contributed by atoms with van der Waals surface area (Å²) < 4.78 is 10.2. The number of ether oxygens (including phenoxy) is 2. The van der Waals surface area contributed by atoms with Gasteiger partial charge in [-0.25, -0.2) is 4.79 Å². The molecule has 1 saturated carbocycles. The molecule has 216 valence electrons. The van der Waals surface area contributed by atoms with E-state index in [1.807, 2.05) is 12.1 Å². The van der Waals surface area contributed by atoms with Crippen LogP contribution in [-0.4, -0.2) is 80.5 Å². The second-order valence-corrected chi connectivity index (χ2v) is 11.0. The number of hydrogen-bond acceptors (Lipinski definition) is 8. The van der Waals surface area contributed by atoms with Crippen molar-refractivity contribution in [3.8, 4) is 5.75 Å². The summed E-state index contributed by atoms with van der Waals surface area (Å²) in [5.74, 6) is 1.22. The Kier molecular flexibility index (Phi) is 12.3. The van der Waals surface area contributed by atoms with E-state index in [1.165, 1.54) is 44.1 Å². The molecule has 1 aliphatic heterocycles. The van der Waals surface area contributed by atoms with Gasteiger partial charge in [0.2, 0.25) is 0 Å². The molecule has 4 unspecified atom stereocenters. The number of aliphatic hydroxyl groups excluding tert-OH is 5. The summed E-state index contributed by atoms with van der Waals surface area (Å²) in [6.07, 6.45) is 7.37. The minimum absolute atomic E-state index is 0.0162. The van der Waals surface area contributed by atoms with E-state index in [9.17, 15) is 9.90 Å². The molecular weight excluding hydrogens is 492 g/mol. The van der Waals surface area contributed by atoms with Crippen molar-refractivity contribution in [2.24, 2.45) is 17.8 Å². The normalized spacial score (nSPS) is 32.1. The number of unbranched alkanes of at least 4 members (excludes halogenated alkanes) is 5. The molecule has 0 amide bonds. The lowest BCUT2D eigenvalue weighted by Gasteiger charge is -2.33. The van der Waals surface area contributed by atoms with Gasteiger partial charge in [0.05, 0.1) is 18.8 Å². The Bertz CT molecular complexity index is 862. The average molecular weight is 539 g/mol. The summed E-state index contributed by atoms with van der Waals surface area (Å²) in [6, 6.07) is 5.98. The Labute approximate surface area is 225 Å². The minimum Gasteiger partial charge on any atom is -0.482 e. The van der Waals surface area contributed by atoms with E-state index >= 15 is 0 Å². The number of aliphatic hydroxyl groups is 5. The van der Waals surface area contributed by atoms with Gasteiger partial charge < -0.3 is 40.1 Å². The number of carbonyl (C=O) groups is 1. The summed E-state index contributed by atoms with van der Waals surface area (Å²) >= 11 is 0. The lowest BCUT2D eigenvalue weighted by molar-refractivity contribution is -0.239. The molecule has 9 nitrogen and oxygen atoms in total. The maximum Gasteiger partial charge on any atom is 0.341 e. The number of aliphatic carboxylic acids is 1. The van der Waals surface area contributed by atoms with Crippen molar-refractivity contribution in [3.05, 3.63) is 29.3 Å². The molecule has 0 spiro atoms. The molecule has 8 atom stereocenters. The van der Waals surface area contributed by atoms with Crippen LogP contribution in [0.1, 0.15) is 75.8 Å². The van der Waals surface area contributed by atoms with E-state index in [2.05, 4.69) is 13.0 Å². The van der Waals surface area contributed by atoms with Gasteiger partial charge in [0, 0.05) is 6.42 Å². The summed E-state index contributed by atoms with van der Waals surface area (Å²) in [7, 11) is 0. The van der Waals surface area contributed by atoms with Crippen LogP contribution in [0.25, 0.3) is 0 Å². The third kappa shape index (κ3) is 8.37. The number of rotatable bonds is 11. The van der Waals surface area contributed by atoms with Crippen LogP contribution in [0.2, 0.25) is 0 Å². The second kappa shape index (κ2) is 15.1. The van der Waals surface area contributed by atoms with E-state index in [0.717, 1.165) is 31.2 Å². The molecule has 0 aromatic heterocycles. The van der Waals surface area contributed by atoms with Crippen molar-refractivity contribution in [2.45, 2.75) is 108 Å². The highest BCUT2D eigenvalue weighted by molar-refractivity contribution is 5.68.